The summed E-state index contributed by atoms with van der Waals surface area (Å²) in [6.07, 6.45) is -3.43. The van der Waals surface area contributed by atoms with Crippen LogP contribution in [-0.4, -0.2) is 16.7 Å². The summed E-state index contributed by atoms with van der Waals surface area (Å²) in [5, 5.41) is 9.40. The highest BCUT2D eigenvalue weighted by Crippen LogP contribution is 2.54. The van der Waals surface area contributed by atoms with Crippen molar-refractivity contribution in [3.63, 3.8) is 0 Å². The van der Waals surface area contributed by atoms with Gasteiger partial charge in [0.15, 0.2) is 0 Å². The van der Waals surface area contributed by atoms with Gasteiger partial charge < -0.3 is 14.3 Å². The van der Waals surface area contributed by atoms with Crippen LogP contribution in [0, 0.1) is 12.8 Å². The zero-order chi connectivity index (χ0) is 21.5. The van der Waals surface area contributed by atoms with E-state index in [2.05, 4.69) is 11.9 Å². The van der Waals surface area contributed by atoms with Gasteiger partial charge in [-0.05, 0) is 66.6 Å². The summed E-state index contributed by atoms with van der Waals surface area (Å²) in [5.74, 6) is 1.77. The first kappa shape index (κ1) is 20.5. The lowest BCUT2D eigenvalue weighted by Crippen LogP contribution is -2.07. The Morgan fingerprint density at radius 1 is 1.20 bits per heavy atom. The average Bonchev–Trinajstić information content (AvgIpc) is 3.27. The van der Waals surface area contributed by atoms with Crippen LogP contribution in [0.2, 0.25) is 0 Å². The van der Waals surface area contributed by atoms with Crippen LogP contribution >= 0.6 is 0 Å². The number of aliphatic hydroxyl groups is 1. The molecule has 0 saturated heterocycles. The van der Waals surface area contributed by atoms with Gasteiger partial charge in [-0.2, -0.15) is 13.2 Å². The molecule has 7 heteroatoms. The van der Waals surface area contributed by atoms with E-state index in [-0.39, 0.29) is 30.4 Å². The Morgan fingerprint density at radius 2 is 1.93 bits per heavy atom. The van der Waals surface area contributed by atoms with Crippen molar-refractivity contribution in [2.24, 2.45) is 5.92 Å². The maximum Gasteiger partial charge on any atom is 0.416 e. The molecular formula is C23H22F3NO3. The number of alkyl halides is 3. The smallest absolute Gasteiger partial charge is 0.416 e. The fraction of sp³-hybridized carbons (Fsp3) is 0.348. The van der Waals surface area contributed by atoms with Crippen LogP contribution in [0.4, 0.5) is 13.2 Å². The van der Waals surface area contributed by atoms with E-state index in [1.165, 1.54) is 12.1 Å². The van der Waals surface area contributed by atoms with Crippen LogP contribution in [0.15, 0.2) is 52.9 Å². The molecule has 1 aliphatic carbocycles. The van der Waals surface area contributed by atoms with Crippen LogP contribution in [0.3, 0.4) is 0 Å². The third-order valence-electron chi connectivity index (χ3n) is 5.85. The number of benzene rings is 2. The third-order valence-corrected chi connectivity index (χ3v) is 5.85. The molecule has 1 aliphatic rings. The maximum absolute atomic E-state index is 12.7. The Hall–Kier alpha value is -2.80. The van der Waals surface area contributed by atoms with E-state index in [0.29, 0.717) is 22.8 Å². The molecule has 1 fully saturated rings. The van der Waals surface area contributed by atoms with Crippen molar-refractivity contribution in [3.8, 4) is 17.2 Å². The summed E-state index contributed by atoms with van der Waals surface area (Å²) in [4.78, 5) is 4.39. The van der Waals surface area contributed by atoms with Crippen molar-refractivity contribution in [1.82, 2.24) is 4.98 Å². The average molecular weight is 417 g/mol. The number of rotatable bonds is 6. The molecule has 30 heavy (non-hydrogen) atoms. The van der Waals surface area contributed by atoms with Gasteiger partial charge in [0.05, 0.1) is 5.56 Å². The van der Waals surface area contributed by atoms with Gasteiger partial charge in [-0.3, -0.25) is 0 Å². The predicted molar refractivity (Wildman–Crippen MR) is 105 cm³/mol. The first-order valence-corrected chi connectivity index (χ1v) is 9.69. The number of aliphatic hydroxyl groups excluding tert-OH is 1. The van der Waals surface area contributed by atoms with Crippen LogP contribution in [-0.2, 0) is 18.2 Å². The molecule has 4 rings (SSSR count). The van der Waals surface area contributed by atoms with Crippen LogP contribution < -0.4 is 4.74 Å². The van der Waals surface area contributed by atoms with E-state index in [1.54, 1.807) is 6.92 Å². The molecule has 1 N–H and O–H groups in total. The van der Waals surface area contributed by atoms with Gasteiger partial charge in [0.2, 0.25) is 5.89 Å². The predicted octanol–water partition coefficient (Wildman–Crippen LogP) is 5.52. The minimum absolute atomic E-state index is 0.0202. The summed E-state index contributed by atoms with van der Waals surface area (Å²) in [6, 6.07) is 12.5. The van der Waals surface area contributed by atoms with Gasteiger partial charge in [0, 0.05) is 12.2 Å². The number of oxazole rings is 1. The Bertz CT molecular complexity index is 1040. The molecule has 3 aromatic rings. The second kappa shape index (κ2) is 7.47. The first-order chi connectivity index (χ1) is 14.2. The molecule has 0 spiro atoms. The highest BCUT2D eigenvalue weighted by atomic mass is 19.4. The highest BCUT2D eigenvalue weighted by molar-refractivity contribution is 5.54. The molecule has 0 aliphatic heterocycles. The van der Waals surface area contributed by atoms with E-state index in [1.807, 2.05) is 24.3 Å². The molecule has 1 saturated carbocycles. The minimum atomic E-state index is -4.38. The topological polar surface area (TPSA) is 55.5 Å². The normalized spacial score (nSPS) is 20.9. The summed E-state index contributed by atoms with van der Waals surface area (Å²) in [7, 11) is 0. The summed E-state index contributed by atoms with van der Waals surface area (Å²) in [5.41, 5.74) is 1.44. The molecule has 1 heterocycles. The third kappa shape index (κ3) is 3.94. The van der Waals surface area contributed by atoms with E-state index >= 15 is 0 Å². The van der Waals surface area contributed by atoms with Gasteiger partial charge >= 0.3 is 6.18 Å². The number of hydrogen-bond donors (Lipinski definition) is 1. The first-order valence-electron chi connectivity index (χ1n) is 9.69. The molecule has 0 radical (unpaired) electrons. The highest BCUT2D eigenvalue weighted by Gasteiger charge is 2.50. The number of hydrogen-bond acceptors (Lipinski definition) is 4. The molecule has 0 amide bonds. The van der Waals surface area contributed by atoms with Gasteiger partial charge in [0.25, 0.3) is 0 Å². The zero-order valence-corrected chi connectivity index (χ0v) is 16.7. The Kier molecular flexibility index (Phi) is 5.10. The Labute approximate surface area is 172 Å². The molecule has 158 valence electrons. The van der Waals surface area contributed by atoms with Crippen molar-refractivity contribution >= 4 is 0 Å². The largest absolute Gasteiger partial charge is 0.487 e. The van der Waals surface area contributed by atoms with Gasteiger partial charge in [-0.25, -0.2) is 4.98 Å². The molecular weight excluding hydrogens is 395 g/mol. The van der Waals surface area contributed by atoms with Crippen LogP contribution in [0.1, 0.15) is 35.9 Å². The van der Waals surface area contributed by atoms with E-state index < -0.39 is 11.7 Å². The summed E-state index contributed by atoms with van der Waals surface area (Å²) < 4.78 is 49.7. The van der Waals surface area contributed by atoms with Crippen molar-refractivity contribution in [1.29, 1.82) is 0 Å². The Morgan fingerprint density at radius 3 is 2.57 bits per heavy atom. The number of halogens is 3. The number of ether oxygens (including phenoxy) is 1. The summed E-state index contributed by atoms with van der Waals surface area (Å²) >= 11 is 0. The van der Waals surface area contributed by atoms with Gasteiger partial charge in [-0.1, -0.05) is 19.1 Å². The van der Waals surface area contributed by atoms with Gasteiger partial charge in [-0.15, -0.1) is 0 Å². The molecule has 4 nitrogen and oxygen atoms in total. The monoisotopic (exact) mass is 417 g/mol. The maximum atomic E-state index is 12.7. The molecule has 2 aromatic carbocycles. The van der Waals surface area contributed by atoms with E-state index in [9.17, 15) is 18.3 Å². The number of aromatic nitrogens is 1. The second-order valence-electron chi connectivity index (χ2n) is 7.91. The number of nitrogens with zero attached hydrogens (tertiary/aromatic N) is 1. The van der Waals surface area contributed by atoms with Crippen molar-refractivity contribution in [3.05, 3.63) is 71.1 Å². The quantitative estimate of drug-likeness (QED) is 0.574. The molecule has 1 aromatic heterocycles. The second-order valence-corrected chi connectivity index (χ2v) is 7.91. The molecule has 0 bridgehead atoms. The minimum Gasteiger partial charge on any atom is -0.487 e. The molecule has 2 atom stereocenters. The Balaban J connectivity index is 1.46. The lowest BCUT2D eigenvalue weighted by Gasteiger charge is -2.13. The van der Waals surface area contributed by atoms with Crippen LogP contribution in [0.5, 0.6) is 5.75 Å². The van der Waals surface area contributed by atoms with Crippen molar-refractivity contribution in [2.75, 3.05) is 6.61 Å². The van der Waals surface area contributed by atoms with Crippen LogP contribution in [0.25, 0.3) is 11.5 Å². The van der Waals surface area contributed by atoms with E-state index in [0.717, 1.165) is 24.1 Å². The van der Waals surface area contributed by atoms with Crippen molar-refractivity contribution in [2.45, 2.75) is 38.5 Å². The summed E-state index contributed by atoms with van der Waals surface area (Å²) in [6.45, 7) is 4.23. The zero-order valence-electron chi connectivity index (χ0n) is 16.7. The fourth-order valence-electron chi connectivity index (χ4n) is 3.65. The van der Waals surface area contributed by atoms with Crippen molar-refractivity contribution < 1.29 is 27.4 Å². The lowest BCUT2D eigenvalue weighted by molar-refractivity contribution is -0.137. The standard InChI is InChI=1S/C23H22F3NO3/c1-14-20(27-21(30-14)15-6-8-16(9-7-15)23(24,25)26)13-29-19-5-3-4-17(10-19)22(2)11-18(22)12-28/h3-10,18,28H,11-13H2,1-2H3. The fourth-order valence-corrected chi connectivity index (χ4v) is 3.65. The molecule has 2 unspecified atom stereocenters. The number of aryl methyl sites for hydroxylation is 1. The lowest BCUT2D eigenvalue weighted by atomic mass is 9.95. The SMILES string of the molecule is Cc1oc(-c2ccc(C(F)(F)F)cc2)nc1COc1cccc(C2(C)CC2CO)c1. The van der Waals surface area contributed by atoms with Gasteiger partial charge in [0.1, 0.15) is 23.8 Å². The van der Waals surface area contributed by atoms with E-state index in [4.69, 9.17) is 9.15 Å².